The molecule has 0 saturated heterocycles. The van der Waals surface area contributed by atoms with Gasteiger partial charge in [0.1, 0.15) is 0 Å². The number of hydrogen-bond acceptors (Lipinski definition) is 0. The lowest BCUT2D eigenvalue weighted by Crippen LogP contribution is -1.97. The Balaban J connectivity index is 1.00. The molecule has 2 heterocycles. The molecule has 2 heteroatoms. The maximum absolute atomic E-state index is 2.54. The van der Waals surface area contributed by atoms with Crippen LogP contribution in [0.3, 0.4) is 0 Å². The van der Waals surface area contributed by atoms with Crippen molar-refractivity contribution in [3.8, 4) is 55.9 Å². The highest BCUT2D eigenvalue weighted by molar-refractivity contribution is 6.21. The molecule has 62 heavy (non-hydrogen) atoms. The number of nitrogens with zero attached hydrogens (tertiary/aromatic N) is 2. The zero-order chi connectivity index (χ0) is 40.5. The van der Waals surface area contributed by atoms with E-state index in [-0.39, 0.29) is 0 Å². The zero-order valence-corrected chi connectivity index (χ0v) is 33.7. The van der Waals surface area contributed by atoms with Crippen molar-refractivity contribution in [1.82, 2.24) is 9.13 Å². The van der Waals surface area contributed by atoms with Crippen molar-refractivity contribution >= 4 is 75.9 Å². The SMILES string of the molecule is c1ccc(-n2c3ccccc3c3ccc(-c4ccc5c6ccc7ccccc7c6n(-c6ccc(-c7ccc8c(c7)-c7cccc9cccc-8c79)c7ccccc67)c5c4)cc32)cc1. The van der Waals surface area contributed by atoms with Gasteiger partial charge in [-0.05, 0) is 109 Å². The van der Waals surface area contributed by atoms with Gasteiger partial charge in [-0.2, -0.15) is 0 Å². The fourth-order valence-corrected chi connectivity index (χ4v) is 10.9. The number of para-hydroxylation sites is 2. The minimum atomic E-state index is 1.16. The van der Waals surface area contributed by atoms with Crippen LogP contribution in [0.15, 0.2) is 218 Å². The van der Waals surface area contributed by atoms with Gasteiger partial charge in [0.25, 0.3) is 0 Å². The lowest BCUT2D eigenvalue weighted by atomic mass is 9.93. The summed E-state index contributed by atoms with van der Waals surface area (Å²) < 4.78 is 4.95. The highest BCUT2D eigenvalue weighted by atomic mass is 15.0. The molecule has 0 bridgehead atoms. The van der Waals surface area contributed by atoms with Crippen LogP contribution in [-0.4, -0.2) is 9.13 Å². The Bertz CT molecular complexity index is 4030. The number of benzene rings is 11. The van der Waals surface area contributed by atoms with Crippen LogP contribution >= 0.6 is 0 Å². The molecular weight excluding hydrogens is 749 g/mol. The number of hydrogen-bond donors (Lipinski definition) is 0. The number of fused-ring (bicyclic) bond motifs is 12. The van der Waals surface area contributed by atoms with Crippen LogP contribution in [0.25, 0.3) is 132 Å². The molecule has 14 rings (SSSR count). The summed E-state index contributed by atoms with van der Waals surface area (Å²) in [5, 5.41) is 12.6. The summed E-state index contributed by atoms with van der Waals surface area (Å²) in [5.41, 5.74) is 17.3. The van der Waals surface area contributed by atoms with Crippen molar-refractivity contribution in [3.05, 3.63) is 218 Å². The van der Waals surface area contributed by atoms with Crippen molar-refractivity contribution < 1.29 is 0 Å². The lowest BCUT2D eigenvalue weighted by Gasteiger charge is -2.16. The molecule has 0 fully saturated rings. The van der Waals surface area contributed by atoms with Gasteiger partial charge < -0.3 is 9.13 Å². The van der Waals surface area contributed by atoms with Gasteiger partial charge in [0.05, 0.1) is 27.8 Å². The van der Waals surface area contributed by atoms with E-state index in [1.165, 1.54) is 126 Å². The average molecular weight is 785 g/mol. The minimum absolute atomic E-state index is 1.16. The van der Waals surface area contributed by atoms with Gasteiger partial charge >= 0.3 is 0 Å². The van der Waals surface area contributed by atoms with Gasteiger partial charge in [-0.15, -0.1) is 0 Å². The van der Waals surface area contributed by atoms with E-state index < -0.39 is 0 Å². The Morgan fingerprint density at radius 3 is 1.65 bits per heavy atom. The zero-order valence-electron chi connectivity index (χ0n) is 33.7. The van der Waals surface area contributed by atoms with E-state index in [9.17, 15) is 0 Å². The first-order valence-electron chi connectivity index (χ1n) is 21.5. The quantitative estimate of drug-likeness (QED) is 0.168. The van der Waals surface area contributed by atoms with Gasteiger partial charge in [0, 0.05) is 38.0 Å². The van der Waals surface area contributed by atoms with E-state index in [2.05, 4.69) is 228 Å². The first kappa shape index (κ1) is 33.6. The summed E-state index contributed by atoms with van der Waals surface area (Å²) in [5.74, 6) is 0. The second-order valence-corrected chi connectivity index (χ2v) is 16.8. The monoisotopic (exact) mass is 784 g/mol. The molecule has 0 spiro atoms. The van der Waals surface area contributed by atoms with Crippen LogP contribution in [0.1, 0.15) is 0 Å². The summed E-state index contributed by atoms with van der Waals surface area (Å²) in [6.07, 6.45) is 0. The molecule has 286 valence electrons. The van der Waals surface area contributed by atoms with Crippen LogP contribution in [-0.2, 0) is 0 Å². The predicted octanol–water partition coefficient (Wildman–Crippen LogP) is 16.3. The molecule has 1 aliphatic carbocycles. The molecule has 0 atom stereocenters. The van der Waals surface area contributed by atoms with Gasteiger partial charge in [0.2, 0.25) is 0 Å². The van der Waals surface area contributed by atoms with Gasteiger partial charge in [-0.25, -0.2) is 0 Å². The van der Waals surface area contributed by atoms with Crippen molar-refractivity contribution in [1.29, 1.82) is 0 Å². The Hall–Kier alpha value is -8.20. The first-order valence-corrected chi connectivity index (χ1v) is 21.5. The van der Waals surface area contributed by atoms with E-state index in [1.807, 2.05) is 0 Å². The topological polar surface area (TPSA) is 9.86 Å². The maximum atomic E-state index is 2.54. The molecule has 0 amide bonds. The summed E-state index contributed by atoms with van der Waals surface area (Å²) in [6.45, 7) is 0. The molecule has 2 nitrogen and oxygen atoms in total. The first-order chi connectivity index (χ1) is 30.8. The van der Waals surface area contributed by atoms with Crippen LogP contribution in [0.4, 0.5) is 0 Å². The fourth-order valence-electron chi connectivity index (χ4n) is 10.9. The maximum Gasteiger partial charge on any atom is 0.0619 e. The Morgan fingerprint density at radius 2 is 0.839 bits per heavy atom. The van der Waals surface area contributed by atoms with Crippen molar-refractivity contribution in [2.75, 3.05) is 0 Å². The minimum Gasteiger partial charge on any atom is -0.309 e. The summed E-state index contributed by atoms with van der Waals surface area (Å²) in [7, 11) is 0. The molecule has 1 aliphatic rings. The third kappa shape index (κ3) is 4.64. The third-order valence-corrected chi connectivity index (χ3v) is 13.6. The standard InChI is InChI=1S/C60H36N2/c1-2-15-42(16-3-1)61-55-23-9-8-20-48(55)49-29-25-39(35-57(49)61)40-26-30-50-53-31-24-37-12-4-5-17-44(37)60(53)62(58(50)36-40)56-33-32-43(45-18-6-7-19-47(45)56)41-27-28-46-51-21-10-13-38-14-11-22-52(59(38)51)54(46)34-41/h1-36H. The molecular formula is C60H36N2. The average Bonchev–Trinajstić information content (AvgIpc) is 3.97. The Kier molecular flexibility index (Phi) is 6.86. The summed E-state index contributed by atoms with van der Waals surface area (Å²) in [6, 6.07) is 81.1. The van der Waals surface area contributed by atoms with Crippen LogP contribution < -0.4 is 0 Å². The number of aromatic nitrogens is 2. The van der Waals surface area contributed by atoms with Crippen LogP contribution in [0.5, 0.6) is 0 Å². The van der Waals surface area contributed by atoms with E-state index in [0.717, 1.165) is 5.69 Å². The highest BCUT2D eigenvalue weighted by Gasteiger charge is 2.23. The van der Waals surface area contributed by atoms with E-state index in [0.29, 0.717) is 0 Å². The molecule has 13 aromatic rings. The second-order valence-electron chi connectivity index (χ2n) is 16.8. The Morgan fingerprint density at radius 1 is 0.258 bits per heavy atom. The molecule has 0 N–H and O–H groups in total. The Labute approximate surface area is 357 Å². The van der Waals surface area contributed by atoms with E-state index in [4.69, 9.17) is 0 Å². The van der Waals surface area contributed by atoms with E-state index in [1.54, 1.807) is 0 Å². The van der Waals surface area contributed by atoms with Crippen LogP contribution in [0, 0.1) is 0 Å². The second kappa shape index (κ2) is 12.7. The predicted molar refractivity (Wildman–Crippen MR) is 263 cm³/mol. The van der Waals surface area contributed by atoms with Crippen molar-refractivity contribution in [3.63, 3.8) is 0 Å². The molecule has 0 aliphatic heterocycles. The number of rotatable bonds is 4. The van der Waals surface area contributed by atoms with E-state index >= 15 is 0 Å². The normalized spacial score (nSPS) is 12.2. The smallest absolute Gasteiger partial charge is 0.0619 e. The van der Waals surface area contributed by atoms with Gasteiger partial charge in [-0.3, -0.25) is 0 Å². The lowest BCUT2D eigenvalue weighted by molar-refractivity contribution is 1.18. The van der Waals surface area contributed by atoms with Crippen molar-refractivity contribution in [2.45, 2.75) is 0 Å². The summed E-state index contributed by atoms with van der Waals surface area (Å²) >= 11 is 0. The molecule has 11 aromatic carbocycles. The molecule has 0 saturated carbocycles. The van der Waals surface area contributed by atoms with Crippen molar-refractivity contribution in [2.24, 2.45) is 0 Å². The van der Waals surface area contributed by atoms with Gasteiger partial charge in [0.15, 0.2) is 0 Å². The highest BCUT2D eigenvalue weighted by Crippen LogP contribution is 2.49. The third-order valence-electron chi connectivity index (χ3n) is 13.6. The fraction of sp³-hybridized carbons (Fsp3) is 0. The van der Waals surface area contributed by atoms with Gasteiger partial charge in [-0.1, -0.05) is 176 Å². The van der Waals surface area contributed by atoms with Crippen LogP contribution in [0.2, 0.25) is 0 Å². The summed E-state index contributed by atoms with van der Waals surface area (Å²) in [4.78, 5) is 0. The molecule has 0 radical (unpaired) electrons. The molecule has 0 unspecified atom stereocenters. The largest absolute Gasteiger partial charge is 0.309 e. The molecule has 2 aromatic heterocycles.